The van der Waals surface area contributed by atoms with Crippen LogP contribution < -0.4 is 9.47 Å². The van der Waals surface area contributed by atoms with Crippen LogP contribution in [0.2, 0.25) is 0 Å². The van der Waals surface area contributed by atoms with Crippen LogP contribution in [0.1, 0.15) is 11.4 Å². The smallest absolute Gasteiger partial charge is 0.216 e. The van der Waals surface area contributed by atoms with Crippen molar-refractivity contribution >= 4 is 0 Å². The van der Waals surface area contributed by atoms with Crippen LogP contribution in [-0.4, -0.2) is 34.2 Å². The Morgan fingerprint density at radius 2 is 1.11 bits per heavy atom. The Hall–Kier alpha value is -2.24. The van der Waals surface area contributed by atoms with Crippen molar-refractivity contribution in [3.05, 3.63) is 36.2 Å². The first-order chi connectivity index (χ1) is 8.65. The van der Waals surface area contributed by atoms with E-state index in [-0.39, 0.29) is 0 Å². The second kappa shape index (κ2) is 7.16. The Morgan fingerprint density at radius 1 is 0.722 bits per heavy atom. The Morgan fingerprint density at radius 3 is 1.33 bits per heavy atom. The molecule has 6 heteroatoms. The molecule has 0 amide bonds. The molecule has 18 heavy (non-hydrogen) atoms. The molecule has 0 radical (unpaired) electrons. The van der Waals surface area contributed by atoms with Crippen molar-refractivity contribution in [1.29, 1.82) is 0 Å². The minimum absolute atomic E-state index is 0.613. The van der Waals surface area contributed by atoms with Crippen LogP contribution in [0.3, 0.4) is 0 Å². The van der Waals surface area contributed by atoms with Crippen molar-refractivity contribution < 1.29 is 9.47 Å². The highest BCUT2D eigenvalue weighted by atomic mass is 16.5. The van der Waals surface area contributed by atoms with E-state index in [0.717, 1.165) is 11.4 Å². The zero-order chi connectivity index (χ0) is 13.4. The quantitative estimate of drug-likeness (QED) is 0.803. The molecule has 96 valence electrons. The number of hydrogen-bond donors (Lipinski definition) is 0. The largest absolute Gasteiger partial charge is 0.481 e. The third-order valence-corrected chi connectivity index (χ3v) is 1.98. The lowest BCUT2D eigenvalue weighted by atomic mass is 10.4. The van der Waals surface area contributed by atoms with Gasteiger partial charge in [-0.05, 0) is 13.8 Å². The molecule has 0 aliphatic heterocycles. The van der Waals surface area contributed by atoms with Crippen molar-refractivity contribution in [1.82, 2.24) is 19.9 Å². The summed E-state index contributed by atoms with van der Waals surface area (Å²) in [5, 5.41) is 0. The molecular weight excluding hydrogens is 232 g/mol. The molecule has 0 fully saturated rings. The minimum Gasteiger partial charge on any atom is -0.481 e. The van der Waals surface area contributed by atoms with Gasteiger partial charge in [-0.25, -0.2) is 19.9 Å². The molecule has 2 rings (SSSR count). The highest BCUT2D eigenvalue weighted by Gasteiger charge is 1.90. The molecule has 0 saturated heterocycles. The van der Waals surface area contributed by atoms with Gasteiger partial charge in [-0.2, -0.15) is 0 Å². The first-order valence-electron chi connectivity index (χ1n) is 5.31. The van der Waals surface area contributed by atoms with Gasteiger partial charge in [0.05, 0.1) is 14.2 Å². The van der Waals surface area contributed by atoms with Crippen molar-refractivity contribution in [2.24, 2.45) is 0 Å². The number of rotatable bonds is 2. The van der Waals surface area contributed by atoms with Gasteiger partial charge < -0.3 is 9.47 Å². The van der Waals surface area contributed by atoms with Gasteiger partial charge in [0.2, 0.25) is 11.8 Å². The molecule has 0 spiro atoms. The molecular formula is C12H16N4O2. The fraction of sp³-hybridized carbons (Fsp3) is 0.333. The molecule has 0 N–H and O–H groups in total. The van der Waals surface area contributed by atoms with E-state index in [1.807, 2.05) is 13.8 Å². The molecule has 0 bridgehead atoms. The van der Waals surface area contributed by atoms with Crippen LogP contribution >= 0.6 is 0 Å². The maximum Gasteiger partial charge on any atom is 0.216 e. The predicted octanol–water partition coefficient (Wildman–Crippen LogP) is 1.59. The highest BCUT2D eigenvalue weighted by molar-refractivity contribution is 5.11. The van der Waals surface area contributed by atoms with Crippen LogP contribution in [0.5, 0.6) is 11.8 Å². The molecule has 2 heterocycles. The van der Waals surface area contributed by atoms with Crippen molar-refractivity contribution in [3.8, 4) is 11.8 Å². The molecule has 6 nitrogen and oxygen atoms in total. The van der Waals surface area contributed by atoms with Crippen molar-refractivity contribution in [3.63, 3.8) is 0 Å². The van der Waals surface area contributed by atoms with Gasteiger partial charge >= 0.3 is 0 Å². The molecule has 0 aromatic carbocycles. The third kappa shape index (κ3) is 4.73. The second-order valence-corrected chi connectivity index (χ2v) is 3.40. The van der Waals surface area contributed by atoms with Crippen molar-refractivity contribution in [2.75, 3.05) is 14.2 Å². The van der Waals surface area contributed by atoms with E-state index in [4.69, 9.17) is 9.47 Å². The first-order valence-corrected chi connectivity index (χ1v) is 5.31. The van der Waals surface area contributed by atoms with Crippen LogP contribution in [0.4, 0.5) is 0 Å². The summed E-state index contributed by atoms with van der Waals surface area (Å²) < 4.78 is 9.69. The van der Waals surface area contributed by atoms with Gasteiger partial charge in [-0.3, -0.25) is 0 Å². The predicted molar refractivity (Wildman–Crippen MR) is 66.6 cm³/mol. The van der Waals surface area contributed by atoms with Crippen LogP contribution in [-0.2, 0) is 0 Å². The molecule has 0 aliphatic rings. The van der Waals surface area contributed by atoms with Crippen LogP contribution in [0, 0.1) is 13.8 Å². The number of aromatic nitrogens is 4. The summed E-state index contributed by atoms with van der Waals surface area (Å²) in [6.07, 6.45) is 2.96. The van der Waals surface area contributed by atoms with Gasteiger partial charge in [0.25, 0.3) is 0 Å². The third-order valence-electron chi connectivity index (χ3n) is 1.98. The summed E-state index contributed by atoms with van der Waals surface area (Å²) in [4.78, 5) is 15.4. The number of aryl methyl sites for hydroxylation is 2. The fourth-order valence-corrected chi connectivity index (χ4v) is 1.08. The SMILES string of the molecule is COc1cc(C)ncn1.COc1cc(C)ncn1. The summed E-state index contributed by atoms with van der Waals surface area (Å²) in [5.74, 6) is 1.23. The van der Waals surface area contributed by atoms with Gasteiger partial charge in [0, 0.05) is 23.5 Å². The Labute approximate surface area is 106 Å². The van der Waals surface area contributed by atoms with Crippen LogP contribution in [0.15, 0.2) is 24.8 Å². The van der Waals surface area contributed by atoms with Gasteiger partial charge in [0.15, 0.2) is 0 Å². The molecule has 0 saturated carbocycles. The van der Waals surface area contributed by atoms with E-state index in [2.05, 4.69) is 19.9 Å². The zero-order valence-corrected chi connectivity index (χ0v) is 10.9. The lowest BCUT2D eigenvalue weighted by Crippen LogP contribution is -1.88. The van der Waals surface area contributed by atoms with E-state index in [0.29, 0.717) is 11.8 Å². The lowest BCUT2D eigenvalue weighted by Gasteiger charge is -1.95. The molecule has 0 aliphatic carbocycles. The second-order valence-electron chi connectivity index (χ2n) is 3.40. The summed E-state index contributed by atoms with van der Waals surface area (Å²) in [6, 6.07) is 3.56. The number of methoxy groups -OCH3 is 2. The Bertz CT molecular complexity index is 446. The number of nitrogens with zero attached hydrogens (tertiary/aromatic N) is 4. The maximum absolute atomic E-state index is 4.84. The van der Waals surface area contributed by atoms with Gasteiger partial charge in [-0.1, -0.05) is 0 Å². The number of ether oxygens (including phenoxy) is 2. The van der Waals surface area contributed by atoms with E-state index in [9.17, 15) is 0 Å². The van der Waals surface area contributed by atoms with Gasteiger partial charge in [-0.15, -0.1) is 0 Å². The monoisotopic (exact) mass is 248 g/mol. The molecule has 2 aromatic heterocycles. The summed E-state index contributed by atoms with van der Waals surface area (Å²) in [6.45, 7) is 3.79. The minimum atomic E-state index is 0.613. The van der Waals surface area contributed by atoms with Crippen molar-refractivity contribution in [2.45, 2.75) is 13.8 Å². The van der Waals surface area contributed by atoms with Gasteiger partial charge in [0.1, 0.15) is 12.7 Å². The molecule has 0 atom stereocenters. The van der Waals surface area contributed by atoms with E-state index < -0.39 is 0 Å². The Kier molecular flexibility index (Phi) is 5.50. The average Bonchev–Trinajstić information content (AvgIpc) is 2.39. The Balaban J connectivity index is 0.000000180. The topological polar surface area (TPSA) is 70.0 Å². The van der Waals surface area contributed by atoms with E-state index in [1.54, 1.807) is 26.4 Å². The standard InChI is InChI=1S/2C6H8N2O/c2*1-5-3-6(9-2)8-4-7-5/h2*3-4H,1-2H3. The summed E-state index contributed by atoms with van der Waals surface area (Å²) >= 11 is 0. The van der Waals surface area contributed by atoms with E-state index in [1.165, 1.54) is 12.7 Å². The normalized spacial score (nSPS) is 9.11. The maximum atomic E-state index is 4.84. The van der Waals surface area contributed by atoms with Crippen LogP contribution in [0.25, 0.3) is 0 Å². The lowest BCUT2D eigenvalue weighted by molar-refractivity contribution is 0.396. The van der Waals surface area contributed by atoms with E-state index >= 15 is 0 Å². The molecule has 0 unspecified atom stereocenters. The average molecular weight is 248 g/mol. The zero-order valence-electron chi connectivity index (χ0n) is 10.9. The number of hydrogen-bond acceptors (Lipinski definition) is 6. The highest BCUT2D eigenvalue weighted by Crippen LogP contribution is 2.03. The summed E-state index contributed by atoms with van der Waals surface area (Å²) in [5.41, 5.74) is 1.84. The fourth-order valence-electron chi connectivity index (χ4n) is 1.08. The first kappa shape index (κ1) is 13.8. The summed E-state index contributed by atoms with van der Waals surface area (Å²) in [7, 11) is 3.17. The molecule has 2 aromatic rings.